The highest BCUT2D eigenvalue weighted by atomic mass is 16.6. The number of rotatable bonds is 7. The van der Waals surface area contributed by atoms with Gasteiger partial charge in [0.25, 0.3) is 0 Å². The largest absolute Gasteiger partial charge is 0.444 e. The Morgan fingerprint density at radius 2 is 1.96 bits per heavy atom. The first-order chi connectivity index (χ1) is 12.2. The second-order valence-corrected chi connectivity index (χ2v) is 6.99. The number of carbonyl (C=O) groups is 1. The topological polar surface area (TPSA) is 92.0 Å². The zero-order chi connectivity index (χ0) is 19.7. The fourth-order valence-corrected chi connectivity index (χ4v) is 2.30. The van der Waals surface area contributed by atoms with E-state index in [4.69, 9.17) is 9.26 Å². The average molecular weight is 367 g/mol. The van der Waals surface area contributed by atoms with Crippen molar-refractivity contribution in [1.82, 2.24) is 20.7 Å². The molecular weight excluding hydrogens is 334 g/mol. The lowest BCUT2D eigenvalue weighted by molar-refractivity contribution is 0.0302. The zero-order valence-electron chi connectivity index (χ0n) is 17.1. The summed E-state index contributed by atoms with van der Waals surface area (Å²) < 4.78 is 10.7. The highest BCUT2D eigenvalue weighted by Crippen LogP contribution is 2.15. The molecule has 0 aromatic carbocycles. The average Bonchev–Trinajstić information content (AvgIpc) is 2.98. The van der Waals surface area contributed by atoms with E-state index in [-0.39, 0.29) is 6.09 Å². The first-order valence-electron chi connectivity index (χ1n) is 9.06. The van der Waals surface area contributed by atoms with Crippen LogP contribution < -0.4 is 10.6 Å². The van der Waals surface area contributed by atoms with Crippen molar-refractivity contribution in [3.63, 3.8) is 0 Å². The molecule has 2 N–H and O–H groups in total. The minimum atomic E-state index is -0.497. The van der Waals surface area contributed by atoms with Crippen LogP contribution in [0.25, 0.3) is 0 Å². The van der Waals surface area contributed by atoms with E-state index in [2.05, 4.69) is 27.7 Å². The molecule has 0 saturated heterocycles. The standard InChI is InChI=1S/C18H33N5O3/c1-8-14-13(15(9-2)26-22-14)12-21-16(19-6)20-10-11-23(7)17(24)25-18(3,4)5/h8-12H2,1-7H3,(H2,19,20,21). The molecule has 0 bridgehead atoms. The molecule has 0 radical (unpaired) electrons. The first kappa shape index (κ1) is 21.8. The van der Waals surface area contributed by atoms with Crippen LogP contribution in [-0.2, 0) is 24.1 Å². The van der Waals surface area contributed by atoms with Crippen LogP contribution >= 0.6 is 0 Å². The van der Waals surface area contributed by atoms with Crippen LogP contribution in [0.4, 0.5) is 4.79 Å². The smallest absolute Gasteiger partial charge is 0.410 e. The first-order valence-corrected chi connectivity index (χ1v) is 9.06. The number of guanidine groups is 1. The summed E-state index contributed by atoms with van der Waals surface area (Å²) in [6.07, 6.45) is 1.29. The lowest BCUT2D eigenvalue weighted by Crippen LogP contribution is -2.43. The van der Waals surface area contributed by atoms with Gasteiger partial charge >= 0.3 is 6.09 Å². The third-order valence-corrected chi connectivity index (χ3v) is 3.71. The van der Waals surface area contributed by atoms with Crippen molar-refractivity contribution in [3.05, 3.63) is 17.0 Å². The van der Waals surface area contributed by atoms with Crippen molar-refractivity contribution in [3.8, 4) is 0 Å². The number of hydrogen-bond donors (Lipinski definition) is 2. The maximum Gasteiger partial charge on any atom is 0.410 e. The second kappa shape index (κ2) is 10.0. The number of hydrogen-bond acceptors (Lipinski definition) is 5. The SMILES string of the molecule is CCc1noc(CC)c1CNC(=NC)NCCN(C)C(=O)OC(C)(C)C. The van der Waals surface area contributed by atoms with Crippen molar-refractivity contribution in [2.45, 2.75) is 59.6 Å². The van der Waals surface area contributed by atoms with Crippen molar-refractivity contribution in [1.29, 1.82) is 0 Å². The fourth-order valence-electron chi connectivity index (χ4n) is 2.30. The van der Waals surface area contributed by atoms with Crippen LogP contribution in [-0.4, -0.2) is 54.9 Å². The summed E-state index contributed by atoms with van der Waals surface area (Å²) in [5.74, 6) is 1.56. The summed E-state index contributed by atoms with van der Waals surface area (Å²) in [5, 5.41) is 10.6. The molecule has 1 rings (SSSR count). The van der Waals surface area contributed by atoms with Gasteiger partial charge in [-0.2, -0.15) is 0 Å². The number of nitrogens with zero attached hydrogens (tertiary/aromatic N) is 3. The summed E-state index contributed by atoms with van der Waals surface area (Å²) in [5.41, 5.74) is 1.56. The van der Waals surface area contributed by atoms with E-state index in [9.17, 15) is 4.79 Å². The van der Waals surface area contributed by atoms with Gasteiger partial charge < -0.3 is 24.8 Å². The number of amides is 1. The Bertz CT molecular complexity index is 583. The van der Waals surface area contributed by atoms with E-state index in [1.807, 2.05) is 27.7 Å². The monoisotopic (exact) mass is 367 g/mol. The van der Waals surface area contributed by atoms with Gasteiger partial charge in [0, 0.05) is 45.7 Å². The maximum absolute atomic E-state index is 11.9. The summed E-state index contributed by atoms with van der Waals surface area (Å²) >= 11 is 0. The number of aromatic nitrogens is 1. The Morgan fingerprint density at radius 1 is 1.27 bits per heavy atom. The van der Waals surface area contributed by atoms with Crippen molar-refractivity contribution in [2.24, 2.45) is 4.99 Å². The minimum absolute atomic E-state index is 0.341. The molecule has 1 aromatic rings. The quantitative estimate of drug-likeness (QED) is 0.568. The molecule has 0 spiro atoms. The summed E-state index contributed by atoms with van der Waals surface area (Å²) in [6.45, 7) is 11.3. The van der Waals surface area contributed by atoms with Crippen LogP contribution in [0.3, 0.4) is 0 Å². The van der Waals surface area contributed by atoms with Crippen molar-refractivity contribution in [2.75, 3.05) is 27.2 Å². The highest BCUT2D eigenvalue weighted by Gasteiger charge is 2.19. The van der Waals surface area contributed by atoms with E-state index in [1.54, 1.807) is 14.1 Å². The molecule has 1 heterocycles. The Labute approximate surface area is 156 Å². The van der Waals surface area contributed by atoms with E-state index in [0.29, 0.717) is 25.6 Å². The highest BCUT2D eigenvalue weighted by molar-refractivity contribution is 5.79. The van der Waals surface area contributed by atoms with Crippen LogP contribution in [0.2, 0.25) is 0 Å². The van der Waals surface area contributed by atoms with Crippen molar-refractivity contribution < 1.29 is 14.1 Å². The van der Waals surface area contributed by atoms with Crippen molar-refractivity contribution >= 4 is 12.1 Å². The number of aliphatic imine (C=N–C) groups is 1. The number of nitrogens with one attached hydrogen (secondary N) is 2. The number of carbonyl (C=O) groups excluding carboxylic acids is 1. The molecule has 1 amide bonds. The molecule has 148 valence electrons. The van der Waals surface area contributed by atoms with Crippen LogP contribution in [0.1, 0.15) is 51.6 Å². The predicted molar refractivity (Wildman–Crippen MR) is 102 cm³/mol. The lowest BCUT2D eigenvalue weighted by Gasteiger charge is -2.24. The van der Waals surface area contributed by atoms with E-state index in [0.717, 1.165) is 29.9 Å². The van der Waals surface area contributed by atoms with Gasteiger partial charge in [-0.15, -0.1) is 0 Å². The number of likely N-dealkylation sites (N-methyl/N-ethyl adjacent to an activating group) is 1. The molecule has 0 fully saturated rings. The lowest BCUT2D eigenvalue weighted by atomic mass is 10.1. The fraction of sp³-hybridized carbons (Fsp3) is 0.722. The molecule has 0 aliphatic rings. The summed E-state index contributed by atoms with van der Waals surface area (Å²) in [4.78, 5) is 17.7. The second-order valence-electron chi connectivity index (χ2n) is 6.99. The molecular formula is C18H33N5O3. The van der Waals surface area contributed by atoms with Crippen LogP contribution in [0.15, 0.2) is 9.52 Å². The molecule has 26 heavy (non-hydrogen) atoms. The minimum Gasteiger partial charge on any atom is -0.444 e. The van der Waals surface area contributed by atoms with Gasteiger partial charge in [0.05, 0.1) is 5.69 Å². The van der Waals surface area contributed by atoms with E-state index >= 15 is 0 Å². The van der Waals surface area contributed by atoms with Gasteiger partial charge in [-0.3, -0.25) is 4.99 Å². The molecule has 8 nitrogen and oxygen atoms in total. The van der Waals surface area contributed by atoms with Crippen LogP contribution in [0.5, 0.6) is 0 Å². The molecule has 0 aliphatic carbocycles. The molecule has 0 atom stereocenters. The zero-order valence-corrected chi connectivity index (χ0v) is 17.1. The van der Waals surface area contributed by atoms with Gasteiger partial charge in [0.1, 0.15) is 11.4 Å². The normalized spacial score (nSPS) is 12.0. The predicted octanol–water partition coefficient (Wildman–Crippen LogP) is 2.33. The van der Waals surface area contributed by atoms with Gasteiger partial charge in [0.2, 0.25) is 0 Å². The summed E-state index contributed by atoms with van der Waals surface area (Å²) in [6, 6.07) is 0. The molecule has 0 aliphatic heterocycles. The Morgan fingerprint density at radius 3 is 2.50 bits per heavy atom. The van der Waals surface area contributed by atoms with Gasteiger partial charge in [-0.1, -0.05) is 19.0 Å². The van der Waals surface area contributed by atoms with E-state index in [1.165, 1.54) is 4.90 Å². The molecule has 0 saturated carbocycles. The third kappa shape index (κ3) is 6.93. The Balaban J connectivity index is 2.47. The number of ether oxygens (including phenoxy) is 1. The summed E-state index contributed by atoms with van der Waals surface area (Å²) in [7, 11) is 3.42. The van der Waals surface area contributed by atoms with E-state index < -0.39 is 5.60 Å². The Kier molecular flexibility index (Phi) is 8.41. The van der Waals surface area contributed by atoms with Crippen LogP contribution in [0, 0.1) is 0 Å². The van der Waals surface area contributed by atoms with Gasteiger partial charge in [0.15, 0.2) is 5.96 Å². The maximum atomic E-state index is 11.9. The Hall–Kier alpha value is -2.25. The number of aryl methyl sites for hydroxylation is 2. The third-order valence-electron chi connectivity index (χ3n) is 3.71. The molecule has 8 heteroatoms. The van der Waals surface area contributed by atoms with Gasteiger partial charge in [-0.25, -0.2) is 4.79 Å². The molecule has 0 unspecified atom stereocenters. The molecule has 1 aromatic heterocycles. The van der Waals surface area contributed by atoms with Gasteiger partial charge in [-0.05, 0) is 27.2 Å².